The summed E-state index contributed by atoms with van der Waals surface area (Å²) in [6, 6.07) is 1.70. The third-order valence-electron chi connectivity index (χ3n) is 4.07. The van der Waals surface area contributed by atoms with Gasteiger partial charge in [0.15, 0.2) is 5.83 Å². The van der Waals surface area contributed by atoms with Crippen molar-refractivity contribution in [3.63, 3.8) is 0 Å². The van der Waals surface area contributed by atoms with Crippen molar-refractivity contribution < 1.29 is 18.0 Å². The molecule has 0 saturated carbocycles. The lowest BCUT2D eigenvalue weighted by molar-refractivity contribution is -0.126. The molecule has 11 heteroatoms. The number of hydrogen-bond acceptors (Lipinski definition) is 5. The van der Waals surface area contributed by atoms with Gasteiger partial charge in [0.2, 0.25) is 5.91 Å². The highest BCUT2D eigenvalue weighted by Crippen LogP contribution is 2.22. The number of aliphatic imine (C=N–C) groups is 1. The van der Waals surface area contributed by atoms with Gasteiger partial charge in [0.1, 0.15) is 22.8 Å². The molecule has 2 aromatic rings. The summed E-state index contributed by atoms with van der Waals surface area (Å²) >= 11 is 6.00. The van der Waals surface area contributed by atoms with Crippen molar-refractivity contribution in [2.45, 2.75) is 25.8 Å². The number of carbonyl (C=O) groups is 1. The van der Waals surface area contributed by atoms with Crippen molar-refractivity contribution in [1.82, 2.24) is 25.9 Å². The maximum absolute atomic E-state index is 14.3. The molecule has 0 saturated heterocycles. The molecule has 0 atom stereocenters. The number of hydrogen-bond donors (Lipinski definition) is 4. The normalized spacial score (nSPS) is 14.9. The Labute approximate surface area is 163 Å². The highest BCUT2D eigenvalue weighted by molar-refractivity contribution is 6.31. The highest BCUT2D eigenvalue weighted by atomic mass is 35.5. The summed E-state index contributed by atoms with van der Waals surface area (Å²) in [4.78, 5) is 23.4. The Balaban J connectivity index is 1.78. The Morgan fingerprint density at radius 2 is 2.18 bits per heavy atom. The number of pyridine rings is 1. The first-order chi connectivity index (χ1) is 13.2. The van der Waals surface area contributed by atoms with Crippen molar-refractivity contribution in [3.05, 3.63) is 40.7 Å². The van der Waals surface area contributed by atoms with Gasteiger partial charge in [-0.3, -0.25) is 9.79 Å². The SMILES string of the molecule is CC(C)(NC1=C(F)CN=C(c2c[nH]c3ncc(Cl)cc23)N1)C(=O)NCC(F)F. The summed E-state index contributed by atoms with van der Waals surface area (Å²) in [7, 11) is 0. The van der Waals surface area contributed by atoms with Crippen LogP contribution in [0.5, 0.6) is 0 Å². The van der Waals surface area contributed by atoms with E-state index >= 15 is 0 Å². The van der Waals surface area contributed by atoms with Crippen LogP contribution in [0.1, 0.15) is 19.4 Å². The van der Waals surface area contributed by atoms with Crippen molar-refractivity contribution in [2.24, 2.45) is 4.99 Å². The summed E-state index contributed by atoms with van der Waals surface area (Å²) in [5, 5.41) is 8.78. The standard InChI is InChI=1S/C17H18ClF3N6O/c1-17(2,16(28)25-7-12(20)21)27-15-11(19)6-24-14(26-15)10-5-23-13-9(10)3-8(18)4-22-13/h3-5,12,27H,6-7H2,1-2H3,(H,22,23)(H,24,26)(H,25,28). The fourth-order valence-electron chi connectivity index (χ4n) is 2.64. The summed E-state index contributed by atoms with van der Waals surface area (Å²) in [6.07, 6.45) is 0.471. The van der Waals surface area contributed by atoms with Crippen LogP contribution in [0.15, 0.2) is 35.1 Å². The van der Waals surface area contributed by atoms with Crippen molar-refractivity contribution in [1.29, 1.82) is 0 Å². The molecule has 3 rings (SSSR count). The van der Waals surface area contributed by atoms with Crippen LogP contribution in [-0.2, 0) is 4.79 Å². The smallest absolute Gasteiger partial charge is 0.255 e. The zero-order valence-corrected chi connectivity index (χ0v) is 15.8. The van der Waals surface area contributed by atoms with E-state index < -0.39 is 30.2 Å². The summed E-state index contributed by atoms with van der Waals surface area (Å²) in [6.45, 7) is 1.88. The molecule has 1 aliphatic heterocycles. The number of nitrogens with zero attached hydrogens (tertiary/aromatic N) is 2. The molecule has 4 N–H and O–H groups in total. The van der Waals surface area contributed by atoms with E-state index in [4.69, 9.17) is 11.6 Å². The molecule has 1 amide bonds. The Hall–Kier alpha value is -2.75. The van der Waals surface area contributed by atoms with Gasteiger partial charge in [-0.1, -0.05) is 11.6 Å². The molecule has 7 nitrogen and oxygen atoms in total. The van der Waals surface area contributed by atoms with Crippen LogP contribution in [0.4, 0.5) is 13.2 Å². The van der Waals surface area contributed by atoms with Gasteiger partial charge in [-0.2, -0.15) is 0 Å². The van der Waals surface area contributed by atoms with Crippen LogP contribution in [0.25, 0.3) is 11.0 Å². The fraction of sp³-hybridized carbons (Fsp3) is 0.353. The van der Waals surface area contributed by atoms with Crippen LogP contribution >= 0.6 is 11.6 Å². The van der Waals surface area contributed by atoms with Crippen LogP contribution in [0, 0.1) is 0 Å². The number of halogens is 4. The number of nitrogens with one attached hydrogen (secondary N) is 4. The van der Waals surface area contributed by atoms with Crippen LogP contribution in [0.2, 0.25) is 5.02 Å². The van der Waals surface area contributed by atoms with Gasteiger partial charge in [0, 0.05) is 23.3 Å². The second-order valence-electron chi connectivity index (χ2n) is 6.67. The Kier molecular flexibility index (Phi) is 5.50. The minimum atomic E-state index is -2.68. The van der Waals surface area contributed by atoms with E-state index in [9.17, 15) is 18.0 Å². The first-order valence-electron chi connectivity index (χ1n) is 8.35. The van der Waals surface area contributed by atoms with Gasteiger partial charge >= 0.3 is 0 Å². The Morgan fingerprint density at radius 1 is 1.43 bits per heavy atom. The maximum Gasteiger partial charge on any atom is 0.255 e. The minimum Gasteiger partial charge on any atom is -0.356 e. The lowest BCUT2D eigenvalue weighted by Gasteiger charge is -2.30. The molecular formula is C17H18ClF3N6O. The topological polar surface area (TPSA) is 94.2 Å². The van der Waals surface area contributed by atoms with Crippen LogP contribution < -0.4 is 16.0 Å². The monoisotopic (exact) mass is 414 g/mol. The van der Waals surface area contributed by atoms with E-state index in [0.29, 0.717) is 27.5 Å². The molecule has 0 bridgehead atoms. The fourth-order valence-corrected chi connectivity index (χ4v) is 2.80. The van der Waals surface area contributed by atoms with Crippen LogP contribution in [-0.4, -0.2) is 46.8 Å². The predicted molar refractivity (Wildman–Crippen MR) is 100 cm³/mol. The van der Waals surface area contributed by atoms with Crippen molar-refractivity contribution in [2.75, 3.05) is 13.1 Å². The van der Waals surface area contributed by atoms with Gasteiger partial charge in [-0.15, -0.1) is 0 Å². The molecule has 0 fully saturated rings. The molecule has 0 unspecified atom stereocenters. The second-order valence-corrected chi connectivity index (χ2v) is 7.11. The van der Waals surface area contributed by atoms with E-state index in [-0.39, 0.29) is 12.4 Å². The maximum atomic E-state index is 14.3. The number of amides is 1. The number of aromatic amines is 1. The van der Waals surface area contributed by atoms with Gasteiger partial charge in [-0.25, -0.2) is 18.2 Å². The first-order valence-corrected chi connectivity index (χ1v) is 8.73. The van der Waals surface area contributed by atoms with Gasteiger partial charge in [0.25, 0.3) is 6.43 Å². The van der Waals surface area contributed by atoms with E-state index in [0.717, 1.165) is 0 Å². The lowest BCUT2D eigenvalue weighted by Crippen LogP contribution is -2.55. The number of alkyl halides is 2. The van der Waals surface area contributed by atoms with Gasteiger partial charge in [-0.05, 0) is 19.9 Å². The van der Waals surface area contributed by atoms with Crippen LogP contribution in [0.3, 0.4) is 0 Å². The number of rotatable bonds is 6. The second kappa shape index (κ2) is 7.70. The van der Waals surface area contributed by atoms with Gasteiger partial charge in [0.05, 0.1) is 18.1 Å². The van der Waals surface area contributed by atoms with Crippen molar-refractivity contribution in [3.8, 4) is 0 Å². The molecule has 28 heavy (non-hydrogen) atoms. The molecule has 3 heterocycles. The first kappa shape index (κ1) is 20.0. The highest BCUT2D eigenvalue weighted by Gasteiger charge is 2.31. The zero-order chi connectivity index (χ0) is 20.5. The molecule has 150 valence electrons. The molecule has 0 aromatic carbocycles. The number of amidine groups is 1. The summed E-state index contributed by atoms with van der Waals surface area (Å²) in [5.74, 6) is -1.02. The molecule has 0 radical (unpaired) electrons. The molecule has 2 aromatic heterocycles. The Morgan fingerprint density at radius 3 is 2.89 bits per heavy atom. The quantitative estimate of drug-likeness (QED) is 0.584. The third-order valence-corrected chi connectivity index (χ3v) is 4.27. The molecule has 0 aliphatic carbocycles. The lowest BCUT2D eigenvalue weighted by atomic mass is 10.0. The molecule has 1 aliphatic rings. The summed E-state index contributed by atoms with van der Waals surface area (Å²) < 4.78 is 38.9. The number of fused-ring (bicyclic) bond motifs is 1. The zero-order valence-electron chi connectivity index (χ0n) is 15.0. The van der Waals surface area contributed by atoms with E-state index in [1.807, 2.05) is 0 Å². The minimum absolute atomic E-state index is 0.0634. The average Bonchev–Trinajstić information content (AvgIpc) is 3.04. The number of aromatic nitrogens is 2. The van der Waals surface area contributed by atoms with E-state index in [1.165, 1.54) is 20.0 Å². The number of H-pyrrole nitrogens is 1. The largest absolute Gasteiger partial charge is 0.356 e. The Bertz CT molecular complexity index is 969. The predicted octanol–water partition coefficient (Wildman–Crippen LogP) is 2.45. The van der Waals surface area contributed by atoms with Gasteiger partial charge < -0.3 is 20.9 Å². The summed E-state index contributed by atoms with van der Waals surface area (Å²) in [5.41, 5.74) is -0.140. The average molecular weight is 415 g/mol. The van der Waals surface area contributed by atoms with E-state index in [1.54, 1.807) is 12.3 Å². The number of carbonyl (C=O) groups excluding carboxylic acids is 1. The van der Waals surface area contributed by atoms with E-state index in [2.05, 4.69) is 30.9 Å². The molecule has 0 spiro atoms. The van der Waals surface area contributed by atoms with Crippen molar-refractivity contribution >= 4 is 34.4 Å². The third kappa shape index (κ3) is 4.22. The molecular weight excluding hydrogens is 397 g/mol.